The first-order chi connectivity index (χ1) is 21.0. The molecule has 4 N–H and O–H groups in total. The van der Waals surface area contributed by atoms with Gasteiger partial charge in [0.2, 0.25) is 0 Å². The molecule has 12 heteroatoms. The lowest BCUT2D eigenvalue weighted by atomic mass is 9.95. The molecule has 0 unspecified atom stereocenters. The zero-order valence-electron chi connectivity index (χ0n) is 23.2. The van der Waals surface area contributed by atoms with Gasteiger partial charge in [0.15, 0.2) is 0 Å². The number of anilines is 2. The van der Waals surface area contributed by atoms with E-state index in [-0.39, 0.29) is 39.2 Å². The fourth-order valence-corrected chi connectivity index (χ4v) is 4.28. The van der Waals surface area contributed by atoms with Gasteiger partial charge >= 0.3 is 23.9 Å². The van der Waals surface area contributed by atoms with E-state index in [1.54, 1.807) is 0 Å². The average Bonchev–Trinajstić information content (AvgIpc) is 3.03. The Hall–Kier alpha value is -6.30. The number of carboxylic acids is 2. The monoisotopic (exact) mass is 596 g/mol. The number of carboxylic acid groups (broad SMARTS) is 2. The van der Waals surface area contributed by atoms with E-state index in [0.717, 1.165) is 12.1 Å². The molecule has 0 aliphatic heterocycles. The number of amides is 2. The molecule has 0 aromatic heterocycles. The van der Waals surface area contributed by atoms with Crippen molar-refractivity contribution in [2.75, 3.05) is 24.9 Å². The summed E-state index contributed by atoms with van der Waals surface area (Å²) in [6.45, 7) is 0. The Balaban J connectivity index is 1.77. The standard InChI is InChI=1S/C32H24N2O10/c1-43-31(41)19-5-3-7-21(13-19)33-27(35)23-11-9-17(18-10-12-24(29(37)38)26(16-18)30(39)40)15-25(23)28(36)34-22-8-4-6-20(14-22)32(42)44-2/h3-16H,1-2H3,(H,33,35)(H,34,36)(H,37,38)(H,39,40). The second-order valence-electron chi connectivity index (χ2n) is 9.18. The van der Waals surface area contributed by atoms with Crippen molar-refractivity contribution >= 4 is 47.1 Å². The van der Waals surface area contributed by atoms with Crippen LogP contribution in [0.4, 0.5) is 11.4 Å². The number of nitrogens with one attached hydrogen (secondary N) is 2. The van der Waals surface area contributed by atoms with Crippen LogP contribution in [0.2, 0.25) is 0 Å². The minimum absolute atomic E-state index is 0.0838. The average molecular weight is 597 g/mol. The van der Waals surface area contributed by atoms with Gasteiger partial charge in [-0.3, -0.25) is 9.59 Å². The number of ether oxygens (including phenoxy) is 2. The van der Waals surface area contributed by atoms with Crippen LogP contribution in [0.5, 0.6) is 0 Å². The quantitative estimate of drug-likeness (QED) is 0.195. The predicted octanol–water partition coefficient (Wildman–Crippen LogP) is 4.83. The van der Waals surface area contributed by atoms with Gasteiger partial charge in [0.05, 0.1) is 47.6 Å². The van der Waals surface area contributed by atoms with Gasteiger partial charge in [0, 0.05) is 11.4 Å². The Morgan fingerprint density at radius 2 is 0.955 bits per heavy atom. The van der Waals surface area contributed by atoms with Gasteiger partial charge in [-0.1, -0.05) is 24.3 Å². The van der Waals surface area contributed by atoms with Crippen molar-refractivity contribution in [1.29, 1.82) is 0 Å². The van der Waals surface area contributed by atoms with E-state index in [9.17, 15) is 39.0 Å². The van der Waals surface area contributed by atoms with Crippen molar-refractivity contribution in [2.24, 2.45) is 0 Å². The summed E-state index contributed by atoms with van der Waals surface area (Å²) < 4.78 is 9.43. The van der Waals surface area contributed by atoms with E-state index in [1.807, 2.05) is 0 Å². The second-order valence-corrected chi connectivity index (χ2v) is 9.18. The summed E-state index contributed by atoms with van der Waals surface area (Å²) in [6.07, 6.45) is 0. The third-order valence-electron chi connectivity index (χ3n) is 6.41. The molecular weight excluding hydrogens is 572 g/mol. The molecule has 12 nitrogen and oxygen atoms in total. The van der Waals surface area contributed by atoms with Gasteiger partial charge in [-0.2, -0.15) is 0 Å². The molecule has 0 aliphatic carbocycles. The third kappa shape index (κ3) is 6.77. The fourth-order valence-electron chi connectivity index (χ4n) is 4.28. The normalized spacial score (nSPS) is 10.3. The fraction of sp³-hybridized carbons (Fsp3) is 0.0625. The summed E-state index contributed by atoms with van der Waals surface area (Å²) >= 11 is 0. The van der Waals surface area contributed by atoms with Crippen LogP contribution < -0.4 is 10.6 Å². The summed E-state index contributed by atoms with van der Waals surface area (Å²) in [4.78, 5) is 74.2. The van der Waals surface area contributed by atoms with Crippen LogP contribution in [0.3, 0.4) is 0 Å². The second kappa shape index (κ2) is 13.1. The highest BCUT2D eigenvalue weighted by atomic mass is 16.5. The van der Waals surface area contributed by atoms with Gasteiger partial charge in [-0.05, 0) is 71.8 Å². The molecule has 0 fully saturated rings. The summed E-state index contributed by atoms with van der Waals surface area (Å²) in [5, 5.41) is 24.2. The van der Waals surface area contributed by atoms with E-state index >= 15 is 0 Å². The Morgan fingerprint density at radius 3 is 1.41 bits per heavy atom. The molecule has 4 aromatic rings. The van der Waals surface area contributed by atoms with Crippen molar-refractivity contribution < 1.29 is 48.5 Å². The van der Waals surface area contributed by atoms with E-state index in [2.05, 4.69) is 10.6 Å². The van der Waals surface area contributed by atoms with Gasteiger partial charge in [-0.15, -0.1) is 0 Å². The Morgan fingerprint density at radius 1 is 0.523 bits per heavy atom. The lowest BCUT2D eigenvalue weighted by Gasteiger charge is -2.14. The highest BCUT2D eigenvalue weighted by Gasteiger charge is 2.22. The van der Waals surface area contributed by atoms with Crippen LogP contribution in [0.25, 0.3) is 11.1 Å². The number of hydrogen-bond acceptors (Lipinski definition) is 8. The molecule has 2 amide bonds. The molecule has 0 bridgehead atoms. The molecule has 4 rings (SSSR count). The molecule has 0 heterocycles. The van der Waals surface area contributed by atoms with Crippen LogP contribution in [0.15, 0.2) is 84.9 Å². The molecule has 44 heavy (non-hydrogen) atoms. The largest absolute Gasteiger partial charge is 0.478 e. The minimum atomic E-state index is -1.46. The SMILES string of the molecule is COC(=O)c1cccc(NC(=O)c2ccc(-c3ccc(C(=O)O)c(C(=O)O)c3)cc2C(=O)Nc2cccc(C(=O)OC)c2)c1. The lowest BCUT2D eigenvalue weighted by Crippen LogP contribution is -2.21. The molecule has 0 saturated carbocycles. The Kier molecular flexibility index (Phi) is 9.14. The maximum absolute atomic E-state index is 13.6. The van der Waals surface area contributed by atoms with Crippen LogP contribution >= 0.6 is 0 Å². The summed E-state index contributed by atoms with van der Waals surface area (Å²) in [5.41, 5.74) is 0.294. The zero-order valence-corrected chi connectivity index (χ0v) is 23.2. The maximum Gasteiger partial charge on any atom is 0.337 e. The summed E-state index contributed by atoms with van der Waals surface area (Å²) in [7, 11) is 2.43. The molecule has 0 spiro atoms. The zero-order chi connectivity index (χ0) is 32.0. The van der Waals surface area contributed by atoms with Crippen LogP contribution in [0, 0.1) is 0 Å². The van der Waals surface area contributed by atoms with Gasteiger partial charge in [0.1, 0.15) is 0 Å². The number of rotatable bonds is 9. The van der Waals surface area contributed by atoms with Crippen molar-refractivity contribution in [2.45, 2.75) is 0 Å². The van der Waals surface area contributed by atoms with Crippen LogP contribution in [0.1, 0.15) is 62.1 Å². The van der Waals surface area contributed by atoms with Crippen LogP contribution in [-0.4, -0.2) is 60.1 Å². The smallest absolute Gasteiger partial charge is 0.337 e. The molecule has 4 aromatic carbocycles. The van der Waals surface area contributed by atoms with E-state index in [1.165, 1.54) is 87.0 Å². The highest BCUT2D eigenvalue weighted by Crippen LogP contribution is 2.27. The molecule has 222 valence electrons. The molecule has 0 aliphatic rings. The Bertz CT molecular complexity index is 1830. The van der Waals surface area contributed by atoms with Crippen molar-refractivity contribution in [3.05, 3.63) is 118 Å². The predicted molar refractivity (Wildman–Crippen MR) is 157 cm³/mol. The number of aromatic carboxylic acids is 2. The molecule has 0 saturated heterocycles. The lowest BCUT2D eigenvalue weighted by molar-refractivity contribution is 0.0592. The van der Waals surface area contributed by atoms with Gasteiger partial charge < -0.3 is 30.3 Å². The number of esters is 2. The first-order valence-electron chi connectivity index (χ1n) is 12.8. The number of carbonyl (C=O) groups is 6. The first kappa shape index (κ1) is 30.7. The van der Waals surface area contributed by atoms with E-state index in [4.69, 9.17) is 9.47 Å². The highest BCUT2D eigenvalue weighted by molar-refractivity contribution is 6.16. The number of hydrogen-bond donors (Lipinski definition) is 4. The Labute approximate surface area is 249 Å². The van der Waals surface area contributed by atoms with Crippen molar-refractivity contribution in [3.8, 4) is 11.1 Å². The van der Waals surface area contributed by atoms with Gasteiger partial charge in [0.25, 0.3) is 11.8 Å². The maximum atomic E-state index is 13.6. The van der Waals surface area contributed by atoms with Crippen molar-refractivity contribution in [3.63, 3.8) is 0 Å². The van der Waals surface area contributed by atoms with E-state index in [0.29, 0.717) is 5.56 Å². The summed E-state index contributed by atoms with van der Waals surface area (Å²) in [5.74, 6) is -5.59. The number of methoxy groups -OCH3 is 2. The minimum Gasteiger partial charge on any atom is -0.478 e. The first-order valence-corrected chi connectivity index (χ1v) is 12.8. The summed E-state index contributed by atoms with van der Waals surface area (Å²) in [6, 6.07) is 19.7. The van der Waals surface area contributed by atoms with Crippen LogP contribution in [-0.2, 0) is 9.47 Å². The van der Waals surface area contributed by atoms with E-state index < -0.39 is 46.8 Å². The third-order valence-corrected chi connectivity index (χ3v) is 6.41. The van der Waals surface area contributed by atoms with Gasteiger partial charge in [-0.25, -0.2) is 19.2 Å². The topological polar surface area (TPSA) is 185 Å². The molecular formula is C32H24N2O10. The molecule has 0 atom stereocenters. The number of carbonyl (C=O) groups excluding carboxylic acids is 4. The molecule has 0 radical (unpaired) electrons. The number of benzene rings is 4. The van der Waals surface area contributed by atoms with Crippen molar-refractivity contribution in [1.82, 2.24) is 0 Å².